The molecule has 18 heteroatoms. The number of fused-ring (bicyclic) bond motifs is 2. The highest BCUT2D eigenvalue weighted by Gasteiger charge is 2.38. The van der Waals surface area contributed by atoms with Crippen molar-refractivity contribution in [2.24, 2.45) is 7.05 Å². The number of urea groups is 1. The number of aromatic nitrogens is 2. The van der Waals surface area contributed by atoms with Gasteiger partial charge >= 0.3 is 21.9 Å². The second-order valence-corrected chi connectivity index (χ2v) is 16.3. The van der Waals surface area contributed by atoms with E-state index in [-0.39, 0.29) is 53.8 Å². The number of anilines is 2. The molecule has 1 aromatic heterocycles. The summed E-state index contributed by atoms with van der Waals surface area (Å²) in [5.41, 5.74) is 2.94. The number of ether oxygens (including phenoxy) is 1. The Kier molecular flexibility index (Phi) is 10.4. The molecule has 3 saturated heterocycles. The van der Waals surface area contributed by atoms with E-state index in [2.05, 4.69) is 20.9 Å². The van der Waals surface area contributed by atoms with Gasteiger partial charge in [0, 0.05) is 37.6 Å². The van der Waals surface area contributed by atoms with Crippen LogP contribution in [0.4, 0.5) is 20.6 Å². The fourth-order valence-electron chi connectivity index (χ4n) is 7.99. The van der Waals surface area contributed by atoms with Gasteiger partial charge in [0.05, 0.1) is 11.0 Å². The van der Waals surface area contributed by atoms with Gasteiger partial charge < -0.3 is 20.3 Å². The number of hydrogen-bond acceptors (Lipinski definition) is 9. The third-order valence-electron chi connectivity index (χ3n) is 11.0. The number of carbonyl (C=O) groups is 4. The largest absolute Gasteiger partial charge is 0.487 e. The number of aryl methyl sites for hydroxylation is 1. The van der Waals surface area contributed by atoms with E-state index in [1.165, 1.54) is 22.8 Å². The topological polar surface area (TPSA) is 193 Å². The van der Waals surface area contributed by atoms with Crippen molar-refractivity contribution in [3.05, 3.63) is 100 Å². The highest BCUT2D eigenvalue weighted by molar-refractivity contribution is 7.92. The molecule has 5 aromatic rings. The van der Waals surface area contributed by atoms with E-state index >= 15 is 4.39 Å². The van der Waals surface area contributed by atoms with Crippen LogP contribution in [0, 0.1) is 5.82 Å². The van der Waals surface area contributed by atoms with Crippen molar-refractivity contribution >= 4 is 67.1 Å². The molecule has 58 heavy (non-hydrogen) atoms. The first-order valence-electron chi connectivity index (χ1n) is 18.9. The average molecular weight is 813 g/mol. The van der Waals surface area contributed by atoms with E-state index in [4.69, 9.17) is 4.74 Å². The van der Waals surface area contributed by atoms with Gasteiger partial charge in [0.15, 0.2) is 5.82 Å². The Labute approximate surface area is 332 Å². The Balaban J connectivity index is 0.881. The van der Waals surface area contributed by atoms with Crippen LogP contribution in [0.2, 0.25) is 0 Å². The maximum absolute atomic E-state index is 16.2. The lowest BCUT2D eigenvalue weighted by Gasteiger charge is -2.32. The van der Waals surface area contributed by atoms with Crippen LogP contribution in [0.3, 0.4) is 0 Å². The summed E-state index contributed by atoms with van der Waals surface area (Å²) in [6.45, 7) is 2.00. The second-order valence-electron chi connectivity index (χ2n) is 14.7. The van der Waals surface area contributed by atoms with Gasteiger partial charge in [0.2, 0.25) is 11.8 Å². The first kappa shape index (κ1) is 38.6. The quantitative estimate of drug-likeness (QED) is 0.153. The van der Waals surface area contributed by atoms with Crippen LogP contribution >= 0.6 is 0 Å². The van der Waals surface area contributed by atoms with Crippen molar-refractivity contribution < 1.29 is 36.7 Å². The Morgan fingerprint density at radius 2 is 1.71 bits per heavy atom. The summed E-state index contributed by atoms with van der Waals surface area (Å²) < 4.78 is 53.1. The molecule has 4 N–H and O–H groups in total. The van der Waals surface area contributed by atoms with Crippen LogP contribution in [-0.4, -0.2) is 78.9 Å². The molecule has 4 heterocycles. The van der Waals surface area contributed by atoms with Crippen LogP contribution in [-0.2, 0) is 38.2 Å². The molecule has 302 valence electrons. The molecule has 0 spiro atoms. The highest BCUT2D eigenvalue weighted by atomic mass is 32.2. The summed E-state index contributed by atoms with van der Waals surface area (Å²) in [6, 6.07) is 19.7. The maximum atomic E-state index is 16.2. The highest BCUT2D eigenvalue weighted by Crippen LogP contribution is 2.40. The van der Waals surface area contributed by atoms with Crippen molar-refractivity contribution in [2.45, 2.75) is 44.2 Å². The first-order valence-corrected chi connectivity index (χ1v) is 20.4. The standard InChI is InChI=1S/C40H41FN8O8S/c1-46-32-20-26(7-10-30(32)49(40(46)54)31-11-12-34(50)44-38(31)52)25-13-16-47(17-14-25)18-15-42-39(53)43-28-8-9-29-27(19-28)21-33(57-23-24-5-3-2-4-6-24)37(36(29)41)48-22-35(51)45-58(48,55)56/h2-10,19-21,25,31H,11-18,22-23H2,1H3,(H,45,51)(H2,42,43,53)(H,44,50,52). The number of imidazole rings is 1. The normalized spacial score (nSPS) is 18.7. The van der Waals surface area contributed by atoms with Crippen LogP contribution in [0.1, 0.15) is 48.8 Å². The van der Waals surface area contributed by atoms with Crippen molar-refractivity contribution in [2.75, 3.05) is 42.3 Å². The van der Waals surface area contributed by atoms with Crippen molar-refractivity contribution in [3.8, 4) is 5.75 Å². The van der Waals surface area contributed by atoms with Gasteiger partial charge in [-0.15, -0.1) is 0 Å². The number of benzene rings is 4. The molecule has 0 saturated carbocycles. The van der Waals surface area contributed by atoms with E-state index in [0.717, 1.165) is 42.6 Å². The SMILES string of the molecule is Cn1c(=O)n(C2CCC(=O)NC2=O)c2ccc(C3CCN(CCNC(=O)Nc4ccc5c(F)c(N6CC(=O)NS6(=O)=O)c(OCc6ccccc6)cc5c4)CC3)cc21. The van der Waals surface area contributed by atoms with Gasteiger partial charge in [-0.3, -0.25) is 28.8 Å². The number of halogens is 1. The minimum atomic E-state index is -4.34. The molecular weight excluding hydrogens is 772 g/mol. The molecule has 3 aliphatic rings. The third-order valence-corrected chi connectivity index (χ3v) is 12.4. The van der Waals surface area contributed by atoms with Crippen LogP contribution in [0.15, 0.2) is 77.6 Å². The van der Waals surface area contributed by atoms with Crippen molar-refractivity contribution in [1.29, 1.82) is 0 Å². The summed E-state index contributed by atoms with van der Waals surface area (Å²) in [6.07, 6.45) is 2.21. The Bertz CT molecular complexity index is 2640. The molecule has 5 amide bonds. The molecule has 3 fully saturated rings. The zero-order valence-electron chi connectivity index (χ0n) is 31.5. The first-order chi connectivity index (χ1) is 27.9. The number of piperidine rings is 2. The summed E-state index contributed by atoms with van der Waals surface area (Å²) in [5, 5.41) is 8.40. The van der Waals surface area contributed by atoms with E-state index < -0.39 is 46.5 Å². The van der Waals surface area contributed by atoms with E-state index in [9.17, 15) is 32.4 Å². The Hall–Kier alpha value is -6.27. The molecule has 16 nitrogen and oxygen atoms in total. The zero-order chi connectivity index (χ0) is 40.7. The lowest BCUT2D eigenvalue weighted by Crippen LogP contribution is -2.44. The average Bonchev–Trinajstić information content (AvgIpc) is 3.62. The number of nitrogens with zero attached hydrogens (tertiary/aromatic N) is 4. The Morgan fingerprint density at radius 3 is 2.43 bits per heavy atom. The maximum Gasteiger partial charge on any atom is 0.329 e. The fourth-order valence-corrected chi connectivity index (χ4v) is 9.15. The van der Waals surface area contributed by atoms with Crippen LogP contribution in [0.25, 0.3) is 21.8 Å². The molecule has 1 unspecified atom stereocenters. The van der Waals surface area contributed by atoms with Crippen molar-refractivity contribution in [3.63, 3.8) is 0 Å². The predicted molar refractivity (Wildman–Crippen MR) is 213 cm³/mol. The van der Waals surface area contributed by atoms with E-state index in [1.807, 2.05) is 41.1 Å². The van der Waals surface area contributed by atoms with Gasteiger partial charge in [-0.25, -0.2) is 23.0 Å². The van der Waals surface area contributed by atoms with Crippen LogP contribution in [0.5, 0.6) is 5.75 Å². The number of hydrogen-bond donors (Lipinski definition) is 4. The summed E-state index contributed by atoms with van der Waals surface area (Å²) in [4.78, 5) is 64.6. The van der Waals surface area contributed by atoms with Gasteiger partial charge in [-0.2, -0.15) is 8.42 Å². The summed E-state index contributed by atoms with van der Waals surface area (Å²) in [5.74, 6) is -2.31. The monoisotopic (exact) mass is 812 g/mol. The van der Waals surface area contributed by atoms with Gasteiger partial charge in [-0.1, -0.05) is 36.4 Å². The predicted octanol–water partition coefficient (Wildman–Crippen LogP) is 3.37. The third kappa shape index (κ3) is 7.59. The van der Waals surface area contributed by atoms with E-state index in [0.29, 0.717) is 34.0 Å². The molecule has 8 rings (SSSR count). The molecule has 0 aliphatic carbocycles. The Morgan fingerprint density at radius 1 is 0.931 bits per heavy atom. The smallest absolute Gasteiger partial charge is 0.329 e. The van der Waals surface area contributed by atoms with Gasteiger partial charge in [0.1, 0.15) is 30.6 Å². The minimum absolute atomic E-state index is 0.00684. The number of amides is 5. The number of imide groups is 1. The molecular formula is C40H41FN8O8S. The van der Waals surface area contributed by atoms with Gasteiger partial charge in [-0.05, 0) is 91.2 Å². The molecule has 3 aliphatic heterocycles. The zero-order valence-corrected chi connectivity index (χ0v) is 32.3. The summed E-state index contributed by atoms with van der Waals surface area (Å²) >= 11 is 0. The summed E-state index contributed by atoms with van der Waals surface area (Å²) in [7, 11) is -2.66. The number of likely N-dealkylation sites (tertiary alicyclic amines) is 1. The molecule has 0 bridgehead atoms. The molecule has 0 radical (unpaired) electrons. The van der Waals surface area contributed by atoms with Crippen molar-refractivity contribution in [1.82, 2.24) is 29.4 Å². The number of rotatable bonds is 10. The van der Waals surface area contributed by atoms with Gasteiger partial charge in [0.25, 0.3) is 5.91 Å². The molecule has 4 aromatic carbocycles. The second kappa shape index (κ2) is 15.6. The fraction of sp³-hybridized carbons (Fsp3) is 0.325. The lowest BCUT2D eigenvalue weighted by atomic mass is 9.89. The molecule has 1 atom stereocenters. The number of carbonyl (C=O) groups excluding carboxylic acids is 4. The van der Waals surface area contributed by atoms with Crippen LogP contribution < -0.4 is 35.4 Å². The number of nitrogens with one attached hydrogen (secondary N) is 4. The lowest BCUT2D eigenvalue weighted by molar-refractivity contribution is -0.135. The van der Waals surface area contributed by atoms with E-state index in [1.54, 1.807) is 29.8 Å². The minimum Gasteiger partial charge on any atom is -0.487 e.